The Morgan fingerprint density at radius 1 is 1.56 bits per heavy atom. The van der Waals surface area contributed by atoms with Crippen molar-refractivity contribution in [2.24, 2.45) is 5.11 Å². The topological polar surface area (TPSA) is 67.2 Å². The van der Waals surface area contributed by atoms with Crippen LogP contribution in [0.3, 0.4) is 0 Å². The van der Waals surface area contributed by atoms with Crippen LogP contribution in [0.15, 0.2) is 5.11 Å². The van der Waals surface area contributed by atoms with E-state index in [9.17, 15) is 0 Å². The Kier molecular flexibility index (Phi) is 2.32. The van der Waals surface area contributed by atoms with Crippen molar-refractivity contribution in [3.63, 3.8) is 0 Å². The second-order valence-electron chi connectivity index (χ2n) is 1.61. The third kappa shape index (κ3) is 1.89. The average molecular weight is 129 g/mol. The molecule has 0 saturated carbocycles. The van der Waals surface area contributed by atoms with Gasteiger partial charge in [0.25, 0.3) is 0 Å². The predicted octanol–water partition coefficient (Wildman–Crippen LogP) is 0.670. The molecule has 0 aromatic heterocycles. The zero-order valence-corrected chi connectivity index (χ0v) is 4.86. The first kappa shape index (κ1) is 6.35. The molecule has 50 valence electrons. The lowest BCUT2D eigenvalue weighted by Gasteiger charge is -2.17. The molecule has 1 aliphatic rings. The van der Waals surface area contributed by atoms with Crippen LogP contribution in [-0.4, -0.2) is 26.0 Å². The molecule has 1 unspecified atom stereocenters. The van der Waals surface area contributed by atoms with E-state index in [0.29, 0.717) is 19.8 Å². The molecule has 0 amide bonds. The summed E-state index contributed by atoms with van der Waals surface area (Å²) in [6.45, 7) is 1.49. The maximum atomic E-state index is 7.94. The van der Waals surface area contributed by atoms with E-state index in [0.717, 1.165) is 0 Å². The van der Waals surface area contributed by atoms with Crippen LogP contribution in [0.25, 0.3) is 10.4 Å². The summed E-state index contributed by atoms with van der Waals surface area (Å²) in [5.41, 5.74) is 7.94. The lowest BCUT2D eigenvalue weighted by molar-refractivity contribution is -0.0846. The van der Waals surface area contributed by atoms with Crippen LogP contribution in [0.5, 0.6) is 0 Å². The number of rotatable bonds is 1. The van der Waals surface area contributed by atoms with Crippen molar-refractivity contribution in [3.05, 3.63) is 10.4 Å². The molecular weight excluding hydrogens is 122 g/mol. The standard InChI is InChI=1S/C4H7N3O2/c5-7-6-4-3-8-1-2-9-4/h4H,1-3H2. The quantitative estimate of drug-likeness (QED) is 0.296. The third-order valence-electron chi connectivity index (χ3n) is 0.979. The fraction of sp³-hybridized carbons (Fsp3) is 1.00. The van der Waals surface area contributed by atoms with Gasteiger partial charge in [0.2, 0.25) is 0 Å². The van der Waals surface area contributed by atoms with Crippen molar-refractivity contribution < 1.29 is 9.47 Å². The van der Waals surface area contributed by atoms with Crippen molar-refractivity contribution in [1.82, 2.24) is 0 Å². The summed E-state index contributed by atoms with van der Waals surface area (Å²) in [5.74, 6) is 0. The highest BCUT2D eigenvalue weighted by Crippen LogP contribution is 2.00. The van der Waals surface area contributed by atoms with Gasteiger partial charge in [-0.25, -0.2) is 0 Å². The summed E-state index contributed by atoms with van der Waals surface area (Å²) in [6, 6.07) is 0. The number of azide groups is 1. The molecule has 0 aliphatic carbocycles. The third-order valence-corrected chi connectivity index (χ3v) is 0.979. The van der Waals surface area contributed by atoms with E-state index in [-0.39, 0.29) is 0 Å². The lowest BCUT2D eigenvalue weighted by Crippen LogP contribution is -2.26. The van der Waals surface area contributed by atoms with Crippen LogP contribution in [0.1, 0.15) is 0 Å². The van der Waals surface area contributed by atoms with Gasteiger partial charge in [-0.3, -0.25) is 0 Å². The smallest absolute Gasteiger partial charge is 0.159 e. The molecule has 1 heterocycles. The maximum absolute atomic E-state index is 7.94. The van der Waals surface area contributed by atoms with Crippen LogP contribution in [0.2, 0.25) is 0 Å². The van der Waals surface area contributed by atoms with E-state index in [4.69, 9.17) is 15.0 Å². The number of hydrogen-bond donors (Lipinski definition) is 0. The van der Waals surface area contributed by atoms with Gasteiger partial charge in [0.15, 0.2) is 6.23 Å². The molecule has 1 atom stereocenters. The SMILES string of the molecule is [N-]=[N+]=NC1COCCO1. The Bertz CT molecular complexity index is 126. The number of ether oxygens (including phenoxy) is 2. The van der Waals surface area contributed by atoms with Crippen molar-refractivity contribution in [2.75, 3.05) is 19.8 Å². The second-order valence-corrected chi connectivity index (χ2v) is 1.61. The average Bonchev–Trinajstić information content (AvgIpc) is 1.91. The summed E-state index contributed by atoms with van der Waals surface area (Å²) in [4.78, 5) is 2.58. The molecule has 0 aromatic carbocycles. The van der Waals surface area contributed by atoms with Gasteiger partial charge in [0.05, 0.1) is 19.8 Å². The van der Waals surface area contributed by atoms with Crippen molar-refractivity contribution in [1.29, 1.82) is 0 Å². The fourth-order valence-corrected chi connectivity index (χ4v) is 0.600. The summed E-state index contributed by atoms with van der Waals surface area (Å²) < 4.78 is 9.92. The number of hydrogen-bond acceptors (Lipinski definition) is 3. The monoisotopic (exact) mass is 129 g/mol. The molecule has 0 aromatic rings. The molecular formula is C4H7N3O2. The van der Waals surface area contributed by atoms with Gasteiger partial charge in [0, 0.05) is 4.91 Å². The normalized spacial score (nSPS) is 26.9. The van der Waals surface area contributed by atoms with E-state index in [1.165, 1.54) is 0 Å². The van der Waals surface area contributed by atoms with Gasteiger partial charge >= 0.3 is 0 Å². The summed E-state index contributed by atoms with van der Waals surface area (Å²) in [7, 11) is 0. The predicted molar refractivity (Wildman–Crippen MR) is 29.7 cm³/mol. The van der Waals surface area contributed by atoms with E-state index < -0.39 is 6.23 Å². The lowest BCUT2D eigenvalue weighted by atomic mass is 10.5. The van der Waals surface area contributed by atoms with Crippen molar-refractivity contribution >= 4 is 0 Å². The zero-order valence-electron chi connectivity index (χ0n) is 4.86. The molecule has 0 N–H and O–H groups in total. The molecule has 1 rings (SSSR count). The molecule has 1 aliphatic heterocycles. The Labute approximate surface area is 52.2 Å². The molecule has 1 fully saturated rings. The minimum Gasteiger partial charge on any atom is -0.376 e. The fourth-order valence-electron chi connectivity index (χ4n) is 0.600. The van der Waals surface area contributed by atoms with Gasteiger partial charge in [-0.1, -0.05) is 5.11 Å². The summed E-state index contributed by atoms with van der Waals surface area (Å²) in [5, 5.41) is 3.32. The Morgan fingerprint density at radius 2 is 2.44 bits per heavy atom. The van der Waals surface area contributed by atoms with Gasteiger partial charge in [-0.15, -0.1) is 0 Å². The summed E-state index contributed by atoms with van der Waals surface area (Å²) in [6.07, 6.45) is -0.413. The van der Waals surface area contributed by atoms with Crippen LogP contribution in [-0.2, 0) is 9.47 Å². The Balaban J connectivity index is 2.31. The first-order valence-corrected chi connectivity index (χ1v) is 2.67. The van der Waals surface area contributed by atoms with E-state index >= 15 is 0 Å². The van der Waals surface area contributed by atoms with E-state index in [2.05, 4.69) is 10.0 Å². The van der Waals surface area contributed by atoms with Crippen LogP contribution >= 0.6 is 0 Å². The minimum atomic E-state index is -0.413. The number of nitrogens with zero attached hydrogens (tertiary/aromatic N) is 3. The summed E-state index contributed by atoms with van der Waals surface area (Å²) >= 11 is 0. The molecule has 9 heavy (non-hydrogen) atoms. The minimum absolute atomic E-state index is 0.379. The van der Waals surface area contributed by atoms with Crippen LogP contribution < -0.4 is 0 Å². The van der Waals surface area contributed by atoms with Gasteiger partial charge < -0.3 is 9.47 Å². The first-order valence-electron chi connectivity index (χ1n) is 2.67. The van der Waals surface area contributed by atoms with Gasteiger partial charge in [-0.2, -0.15) is 0 Å². The molecule has 1 saturated heterocycles. The molecule has 5 heteroatoms. The van der Waals surface area contributed by atoms with Crippen molar-refractivity contribution in [2.45, 2.75) is 6.23 Å². The first-order chi connectivity index (χ1) is 4.43. The van der Waals surface area contributed by atoms with Crippen LogP contribution in [0, 0.1) is 0 Å². The highest BCUT2D eigenvalue weighted by molar-refractivity contribution is 4.57. The highest BCUT2D eigenvalue weighted by Gasteiger charge is 2.10. The molecule has 5 nitrogen and oxygen atoms in total. The second kappa shape index (κ2) is 3.29. The molecule has 0 bridgehead atoms. The van der Waals surface area contributed by atoms with Crippen molar-refractivity contribution in [3.8, 4) is 0 Å². The zero-order chi connectivity index (χ0) is 6.53. The largest absolute Gasteiger partial charge is 0.376 e. The van der Waals surface area contributed by atoms with Crippen LogP contribution in [0.4, 0.5) is 0 Å². The molecule has 0 spiro atoms. The maximum Gasteiger partial charge on any atom is 0.159 e. The van der Waals surface area contributed by atoms with Gasteiger partial charge in [0.1, 0.15) is 0 Å². The highest BCUT2D eigenvalue weighted by atomic mass is 16.6. The van der Waals surface area contributed by atoms with E-state index in [1.54, 1.807) is 0 Å². The molecule has 0 radical (unpaired) electrons. The Morgan fingerprint density at radius 3 is 3.00 bits per heavy atom. The van der Waals surface area contributed by atoms with Gasteiger partial charge in [-0.05, 0) is 5.53 Å². The Hall–Kier alpha value is -0.770. The van der Waals surface area contributed by atoms with E-state index in [1.807, 2.05) is 0 Å².